The van der Waals surface area contributed by atoms with Crippen molar-refractivity contribution in [1.29, 1.82) is 0 Å². The zero-order valence-electron chi connectivity index (χ0n) is 14.1. The van der Waals surface area contributed by atoms with Crippen LogP contribution in [0.15, 0.2) is 34.9 Å². The number of carbonyl (C=O) groups excluding carboxylic acids is 2. The van der Waals surface area contributed by atoms with E-state index in [0.29, 0.717) is 44.8 Å². The summed E-state index contributed by atoms with van der Waals surface area (Å²) >= 11 is 7.48. The molecule has 0 N–H and O–H groups in total. The molecule has 0 atom stereocenters. The van der Waals surface area contributed by atoms with Crippen LogP contribution in [0, 0.1) is 5.92 Å². The van der Waals surface area contributed by atoms with Gasteiger partial charge in [0, 0.05) is 30.4 Å². The third kappa shape index (κ3) is 4.25. The normalized spacial score (nSPS) is 15.4. The molecule has 7 heteroatoms. The summed E-state index contributed by atoms with van der Waals surface area (Å²) in [7, 11) is 0. The van der Waals surface area contributed by atoms with Gasteiger partial charge >= 0.3 is 0 Å². The monoisotopic (exact) mass is 380 g/mol. The van der Waals surface area contributed by atoms with Gasteiger partial charge in [-0.15, -0.1) is 11.3 Å². The molecule has 0 spiro atoms. The van der Waals surface area contributed by atoms with Crippen LogP contribution in [-0.2, 0) is 11.3 Å². The summed E-state index contributed by atoms with van der Waals surface area (Å²) in [6, 6.07) is 7.20. The van der Waals surface area contributed by atoms with Crippen molar-refractivity contribution in [2.45, 2.75) is 26.3 Å². The second kappa shape index (κ2) is 8.06. The topological polar surface area (TPSA) is 53.8 Å². The highest BCUT2D eigenvalue weighted by atomic mass is 35.5. The molecule has 5 nitrogen and oxygen atoms in total. The number of thiophene rings is 1. The number of likely N-dealkylation sites (tertiary alicyclic amines) is 1. The van der Waals surface area contributed by atoms with Gasteiger partial charge in [-0.25, -0.2) is 0 Å². The lowest BCUT2D eigenvalue weighted by Gasteiger charge is -2.33. The number of nitrogens with zero attached hydrogens (tertiary/aromatic N) is 2. The molecule has 25 heavy (non-hydrogen) atoms. The standard InChI is InChI=1S/C18H21ClN2O3S/c1-2-20(12-14-5-6-16(19)25-14)17(22)13-7-9-21(10-8-13)18(23)15-4-3-11-24-15/h3-6,11,13H,2,7-10,12H2,1H3. The van der Waals surface area contributed by atoms with Gasteiger partial charge in [-0.3, -0.25) is 9.59 Å². The summed E-state index contributed by atoms with van der Waals surface area (Å²) in [6.07, 6.45) is 2.87. The summed E-state index contributed by atoms with van der Waals surface area (Å²) in [6.45, 7) is 4.41. The predicted molar refractivity (Wildman–Crippen MR) is 97.8 cm³/mol. The first-order chi connectivity index (χ1) is 12.1. The van der Waals surface area contributed by atoms with Crippen molar-refractivity contribution in [1.82, 2.24) is 9.80 Å². The van der Waals surface area contributed by atoms with Crippen LogP contribution in [0.4, 0.5) is 0 Å². The van der Waals surface area contributed by atoms with Crippen LogP contribution in [0.3, 0.4) is 0 Å². The second-order valence-corrected chi connectivity index (χ2v) is 7.90. The maximum absolute atomic E-state index is 12.8. The quantitative estimate of drug-likeness (QED) is 0.790. The Morgan fingerprint density at radius 1 is 1.32 bits per heavy atom. The fourth-order valence-corrected chi connectivity index (χ4v) is 4.22. The van der Waals surface area contributed by atoms with E-state index in [1.807, 2.05) is 24.0 Å². The predicted octanol–water partition coefficient (Wildman–Crippen LogP) is 3.90. The minimum atomic E-state index is -0.100. The summed E-state index contributed by atoms with van der Waals surface area (Å²) in [5, 5.41) is 0. The number of rotatable bonds is 5. The first kappa shape index (κ1) is 18.0. The van der Waals surface area contributed by atoms with Gasteiger partial charge in [0.1, 0.15) is 0 Å². The van der Waals surface area contributed by atoms with E-state index in [2.05, 4.69) is 0 Å². The average Bonchev–Trinajstić information content (AvgIpc) is 3.30. The zero-order valence-corrected chi connectivity index (χ0v) is 15.7. The van der Waals surface area contributed by atoms with Gasteiger partial charge in [0.05, 0.1) is 17.1 Å². The van der Waals surface area contributed by atoms with Crippen LogP contribution in [0.2, 0.25) is 4.34 Å². The smallest absolute Gasteiger partial charge is 0.289 e. The highest BCUT2D eigenvalue weighted by Gasteiger charge is 2.31. The van der Waals surface area contributed by atoms with Crippen LogP contribution < -0.4 is 0 Å². The van der Waals surface area contributed by atoms with Crippen molar-refractivity contribution >= 4 is 34.8 Å². The van der Waals surface area contributed by atoms with Crippen LogP contribution in [0.1, 0.15) is 35.2 Å². The lowest BCUT2D eigenvalue weighted by Crippen LogP contribution is -2.44. The van der Waals surface area contributed by atoms with Crippen molar-refractivity contribution in [3.63, 3.8) is 0 Å². The van der Waals surface area contributed by atoms with Gasteiger partial charge < -0.3 is 14.2 Å². The molecule has 0 unspecified atom stereocenters. The molecule has 3 rings (SSSR count). The van der Waals surface area contributed by atoms with E-state index in [9.17, 15) is 9.59 Å². The maximum Gasteiger partial charge on any atom is 0.289 e. The van der Waals surface area contributed by atoms with E-state index in [0.717, 1.165) is 9.21 Å². The Morgan fingerprint density at radius 2 is 2.08 bits per heavy atom. The molecule has 1 fully saturated rings. The first-order valence-corrected chi connectivity index (χ1v) is 9.63. The Hall–Kier alpha value is -1.79. The van der Waals surface area contributed by atoms with Gasteiger partial charge in [0.2, 0.25) is 5.91 Å². The van der Waals surface area contributed by atoms with E-state index in [1.165, 1.54) is 17.6 Å². The summed E-state index contributed by atoms with van der Waals surface area (Å²) in [5.74, 6) is 0.388. The fraction of sp³-hybridized carbons (Fsp3) is 0.444. The molecule has 2 aromatic rings. The minimum absolute atomic E-state index is 0.0314. The van der Waals surface area contributed by atoms with E-state index in [-0.39, 0.29) is 17.7 Å². The second-order valence-electron chi connectivity index (χ2n) is 6.10. The Morgan fingerprint density at radius 3 is 2.64 bits per heavy atom. The van der Waals surface area contributed by atoms with Crippen molar-refractivity contribution in [2.24, 2.45) is 5.92 Å². The third-order valence-electron chi connectivity index (χ3n) is 4.53. The number of hydrogen-bond acceptors (Lipinski definition) is 4. The molecule has 2 aromatic heterocycles. The Kier molecular flexibility index (Phi) is 5.81. The Balaban J connectivity index is 1.55. The third-order valence-corrected chi connectivity index (χ3v) is 5.75. The van der Waals surface area contributed by atoms with Gasteiger partial charge in [-0.2, -0.15) is 0 Å². The Bertz CT molecular complexity index is 721. The van der Waals surface area contributed by atoms with Crippen LogP contribution in [0.25, 0.3) is 0 Å². The molecule has 0 aromatic carbocycles. The number of amides is 2. The molecule has 0 bridgehead atoms. The molecule has 0 aliphatic carbocycles. The van der Waals surface area contributed by atoms with Gasteiger partial charge in [-0.1, -0.05) is 11.6 Å². The molecule has 1 aliphatic heterocycles. The number of piperidine rings is 1. The summed E-state index contributed by atoms with van der Waals surface area (Å²) in [4.78, 5) is 29.8. The lowest BCUT2D eigenvalue weighted by atomic mass is 9.95. The highest BCUT2D eigenvalue weighted by molar-refractivity contribution is 7.16. The van der Waals surface area contributed by atoms with Crippen LogP contribution in [-0.4, -0.2) is 41.2 Å². The SMILES string of the molecule is CCN(Cc1ccc(Cl)s1)C(=O)C1CCN(C(=O)c2ccco2)CC1. The molecule has 0 radical (unpaired) electrons. The molecule has 2 amide bonds. The molecule has 134 valence electrons. The molecular formula is C18H21ClN2O3S. The number of carbonyl (C=O) groups is 2. The van der Waals surface area contributed by atoms with E-state index in [1.54, 1.807) is 17.0 Å². The first-order valence-electron chi connectivity index (χ1n) is 8.44. The molecule has 0 saturated carbocycles. The highest BCUT2D eigenvalue weighted by Crippen LogP contribution is 2.25. The Labute approximate surface area is 156 Å². The molecular weight excluding hydrogens is 360 g/mol. The van der Waals surface area contributed by atoms with E-state index >= 15 is 0 Å². The van der Waals surface area contributed by atoms with Crippen LogP contribution in [0.5, 0.6) is 0 Å². The van der Waals surface area contributed by atoms with Crippen LogP contribution >= 0.6 is 22.9 Å². The summed E-state index contributed by atoms with van der Waals surface area (Å²) < 4.78 is 5.91. The van der Waals surface area contributed by atoms with Crippen molar-refractivity contribution < 1.29 is 14.0 Å². The average molecular weight is 381 g/mol. The zero-order chi connectivity index (χ0) is 17.8. The van der Waals surface area contributed by atoms with Crippen molar-refractivity contribution in [3.8, 4) is 0 Å². The van der Waals surface area contributed by atoms with Crippen molar-refractivity contribution in [3.05, 3.63) is 45.5 Å². The molecule has 1 aliphatic rings. The largest absolute Gasteiger partial charge is 0.459 e. The van der Waals surface area contributed by atoms with Crippen molar-refractivity contribution in [2.75, 3.05) is 19.6 Å². The maximum atomic E-state index is 12.8. The minimum Gasteiger partial charge on any atom is -0.459 e. The number of halogens is 1. The van der Waals surface area contributed by atoms with Gasteiger partial charge in [0.25, 0.3) is 5.91 Å². The molecule has 1 saturated heterocycles. The van der Waals surface area contributed by atoms with Gasteiger partial charge in [0.15, 0.2) is 5.76 Å². The summed E-state index contributed by atoms with van der Waals surface area (Å²) in [5.41, 5.74) is 0. The van der Waals surface area contributed by atoms with E-state index in [4.69, 9.17) is 16.0 Å². The number of hydrogen-bond donors (Lipinski definition) is 0. The lowest BCUT2D eigenvalue weighted by molar-refractivity contribution is -0.137. The molecule has 3 heterocycles. The van der Waals surface area contributed by atoms with Gasteiger partial charge in [-0.05, 0) is 44.0 Å². The number of furan rings is 1. The van der Waals surface area contributed by atoms with E-state index < -0.39 is 0 Å². The fourth-order valence-electron chi connectivity index (χ4n) is 3.11.